The van der Waals surface area contributed by atoms with Gasteiger partial charge in [-0.3, -0.25) is 0 Å². The van der Waals surface area contributed by atoms with Gasteiger partial charge in [-0.2, -0.15) is 0 Å². The summed E-state index contributed by atoms with van der Waals surface area (Å²) in [4.78, 5) is 28.2. The van der Waals surface area contributed by atoms with Crippen LogP contribution in [0.4, 0.5) is 5.82 Å². The first-order valence-corrected chi connectivity index (χ1v) is 10.3. The minimum absolute atomic E-state index is 0.150. The summed E-state index contributed by atoms with van der Waals surface area (Å²) >= 11 is 3.08. The third-order valence-corrected chi connectivity index (χ3v) is 6.65. The number of aryl methyl sites for hydroxylation is 2. The first-order valence-electron chi connectivity index (χ1n) is 8.68. The van der Waals surface area contributed by atoms with E-state index < -0.39 is 0 Å². The van der Waals surface area contributed by atoms with Crippen molar-refractivity contribution in [2.45, 2.75) is 39.7 Å². The highest BCUT2D eigenvalue weighted by atomic mass is 32.1. The number of carbonyl (C=O) groups excluding carboxylic acids is 1. The zero-order valence-corrected chi connectivity index (χ0v) is 16.5. The summed E-state index contributed by atoms with van der Waals surface area (Å²) in [5, 5.41) is 5.59. The third-order valence-electron chi connectivity index (χ3n) is 4.48. The van der Waals surface area contributed by atoms with E-state index >= 15 is 0 Å². The number of aromatic nitrogens is 3. The molecule has 3 aromatic rings. The molecule has 0 spiro atoms. The van der Waals surface area contributed by atoms with E-state index in [0.717, 1.165) is 26.6 Å². The normalized spacial score (nSPS) is 15.2. The molecule has 0 aliphatic heterocycles. The largest absolute Gasteiger partial charge is 0.462 e. The average Bonchev–Trinajstić information content (AvgIpc) is 3.28. The van der Waals surface area contributed by atoms with Crippen LogP contribution in [0.25, 0.3) is 10.2 Å². The Balaban J connectivity index is 1.73. The monoisotopic (exact) mass is 388 g/mol. The number of anilines is 1. The van der Waals surface area contributed by atoms with Gasteiger partial charge in [0.05, 0.1) is 18.0 Å². The molecule has 136 valence electrons. The Hall–Kier alpha value is -2.06. The number of esters is 1. The number of hydrogen-bond acceptors (Lipinski definition) is 8. The van der Waals surface area contributed by atoms with Crippen molar-refractivity contribution in [2.75, 3.05) is 11.9 Å². The molecule has 8 heteroatoms. The highest BCUT2D eigenvalue weighted by molar-refractivity contribution is 7.20. The number of ether oxygens (including phenoxy) is 1. The van der Waals surface area contributed by atoms with E-state index in [1.54, 1.807) is 17.7 Å². The summed E-state index contributed by atoms with van der Waals surface area (Å²) in [5.74, 6) is 1.05. The number of rotatable bonds is 6. The van der Waals surface area contributed by atoms with E-state index in [1.807, 2.05) is 20.0 Å². The molecule has 0 amide bonds. The molecule has 0 radical (unpaired) electrons. The Morgan fingerprint density at radius 2 is 2.12 bits per heavy atom. The summed E-state index contributed by atoms with van der Waals surface area (Å²) in [6, 6.07) is 0.150. The molecule has 1 aliphatic rings. The van der Waals surface area contributed by atoms with Gasteiger partial charge < -0.3 is 10.1 Å². The van der Waals surface area contributed by atoms with Crippen LogP contribution in [-0.4, -0.2) is 27.5 Å². The fourth-order valence-electron chi connectivity index (χ4n) is 3.05. The topological polar surface area (TPSA) is 77.0 Å². The number of hydrogen-bond donors (Lipinski definition) is 1. The van der Waals surface area contributed by atoms with Crippen LogP contribution >= 0.6 is 22.7 Å². The molecular formula is C18H20N4O2S2. The molecule has 3 aromatic heterocycles. The minimum Gasteiger partial charge on any atom is -0.462 e. The van der Waals surface area contributed by atoms with Crippen LogP contribution in [0.15, 0.2) is 12.5 Å². The van der Waals surface area contributed by atoms with Crippen LogP contribution in [-0.2, 0) is 4.74 Å². The van der Waals surface area contributed by atoms with E-state index in [9.17, 15) is 4.79 Å². The Bertz CT molecular complexity index is 961. The van der Waals surface area contributed by atoms with Crippen molar-refractivity contribution < 1.29 is 9.53 Å². The fraction of sp³-hybridized carbons (Fsp3) is 0.444. The molecule has 0 saturated heterocycles. The van der Waals surface area contributed by atoms with Gasteiger partial charge in [0.15, 0.2) is 0 Å². The summed E-state index contributed by atoms with van der Waals surface area (Å²) in [6.45, 7) is 6.17. The lowest BCUT2D eigenvalue weighted by Crippen LogP contribution is -2.14. The van der Waals surface area contributed by atoms with Crippen molar-refractivity contribution in [3.63, 3.8) is 0 Å². The molecule has 1 saturated carbocycles. The maximum Gasteiger partial charge on any atom is 0.348 e. The van der Waals surface area contributed by atoms with E-state index in [4.69, 9.17) is 4.74 Å². The van der Waals surface area contributed by atoms with Crippen molar-refractivity contribution in [3.05, 3.63) is 32.8 Å². The second-order valence-corrected chi connectivity index (χ2v) is 8.71. The summed E-state index contributed by atoms with van der Waals surface area (Å²) < 4.78 is 5.17. The second-order valence-electron chi connectivity index (χ2n) is 6.45. The number of thiophene rings is 1. The Labute approximate surface area is 159 Å². The average molecular weight is 389 g/mol. The molecule has 3 heterocycles. The molecule has 0 bridgehead atoms. The molecule has 0 unspecified atom stereocenters. The van der Waals surface area contributed by atoms with Gasteiger partial charge in [-0.05, 0) is 45.1 Å². The van der Waals surface area contributed by atoms with Crippen LogP contribution in [0, 0.1) is 19.8 Å². The maximum atomic E-state index is 12.2. The summed E-state index contributed by atoms with van der Waals surface area (Å²) in [5.41, 5.74) is 0.872. The summed E-state index contributed by atoms with van der Waals surface area (Å²) in [7, 11) is 0. The van der Waals surface area contributed by atoms with Gasteiger partial charge in [0.25, 0.3) is 0 Å². The highest BCUT2D eigenvalue weighted by Gasteiger charge is 2.35. The molecule has 0 aromatic carbocycles. The number of fused-ring (bicyclic) bond motifs is 1. The smallest absolute Gasteiger partial charge is 0.348 e. The number of nitrogens with one attached hydrogen (secondary N) is 1. The Morgan fingerprint density at radius 3 is 2.77 bits per heavy atom. The van der Waals surface area contributed by atoms with Crippen molar-refractivity contribution in [2.24, 2.45) is 5.92 Å². The predicted molar refractivity (Wildman–Crippen MR) is 104 cm³/mol. The van der Waals surface area contributed by atoms with Gasteiger partial charge in [0.1, 0.15) is 26.9 Å². The molecule has 1 atom stereocenters. The maximum absolute atomic E-state index is 12.2. The quantitative estimate of drug-likeness (QED) is 0.626. The second kappa shape index (κ2) is 6.92. The van der Waals surface area contributed by atoms with Crippen molar-refractivity contribution >= 4 is 44.7 Å². The molecular weight excluding hydrogens is 368 g/mol. The van der Waals surface area contributed by atoms with Crippen molar-refractivity contribution in [3.8, 4) is 0 Å². The van der Waals surface area contributed by atoms with Crippen molar-refractivity contribution in [1.29, 1.82) is 0 Å². The standard InChI is InChI=1S/C18H20N4O2S2/c1-4-24-18(23)14-10(3)12-15(20-8-21-16(12)26-14)22-13(11-5-6-11)17-19-7-9(2)25-17/h7-8,11,13H,4-6H2,1-3H3,(H,20,21,22)/t13-/m1/s1. The van der Waals surface area contributed by atoms with E-state index in [0.29, 0.717) is 17.4 Å². The molecule has 1 fully saturated rings. The van der Waals surface area contributed by atoms with Crippen LogP contribution in [0.5, 0.6) is 0 Å². The van der Waals surface area contributed by atoms with Gasteiger partial charge >= 0.3 is 5.97 Å². The van der Waals surface area contributed by atoms with Gasteiger partial charge in [-0.25, -0.2) is 19.7 Å². The van der Waals surface area contributed by atoms with E-state index in [1.165, 1.54) is 29.1 Å². The highest BCUT2D eigenvalue weighted by Crippen LogP contribution is 2.45. The lowest BCUT2D eigenvalue weighted by atomic mass is 10.1. The lowest BCUT2D eigenvalue weighted by Gasteiger charge is -2.17. The van der Waals surface area contributed by atoms with Crippen LogP contribution in [0.3, 0.4) is 0 Å². The van der Waals surface area contributed by atoms with Gasteiger partial charge in [0, 0.05) is 11.1 Å². The van der Waals surface area contributed by atoms with Gasteiger partial charge in [0.2, 0.25) is 0 Å². The van der Waals surface area contributed by atoms with Crippen molar-refractivity contribution in [1.82, 2.24) is 15.0 Å². The van der Waals surface area contributed by atoms with Crippen LogP contribution in [0.2, 0.25) is 0 Å². The fourth-order valence-corrected chi connectivity index (χ4v) is 5.01. The van der Waals surface area contributed by atoms with Crippen LogP contribution < -0.4 is 5.32 Å². The zero-order valence-electron chi connectivity index (χ0n) is 14.9. The Kier molecular flexibility index (Phi) is 4.62. The number of nitrogens with zero attached hydrogens (tertiary/aromatic N) is 3. The molecule has 6 nitrogen and oxygen atoms in total. The molecule has 4 rings (SSSR count). The first-order chi connectivity index (χ1) is 12.6. The first kappa shape index (κ1) is 17.4. The number of carbonyl (C=O) groups is 1. The van der Waals surface area contributed by atoms with Gasteiger partial charge in [-0.1, -0.05) is 0 Å². The van der Waals surface area contributed by atoms with E-state index in [2.05, 4.69) is 27.2 Å². The van der Waals surface area contributed by atoms with Crippen LogP contribution in [0.1, 0.15) is 50.9 Å². The molecule has 1 N–H and O–H groups in total. The molecule has 26 heavy (non-hydrogen) atoms. The minimum atomic E-state index is -0.298. The van der Waals surface area contributed by atoms with Gasteiger partial charge in [-0.15, -0.1) is 22.7 Å². The lowest BCUT2D eigenvalue weighted by molar-refractivity contribution is 0.0531. The molecule has 1 aliphatic carbocycles. The third kappa shape index (κ3) is 3.19. The SMILES string of the molecule is CCOC(=O)c1sc2ncnc(N[C@@H](c3ncc(C)s3)C3CC3)c2c1C. The zero-order chi connectivity index (χ0) is 18.3. The number of thiazole rings is 1. The summed E-state index contributed by atoms with van der Waals surface area (Å²) in [6.07, 6.45) is 5.86. The predicted octanol–water partition coefficient (Wildman–Crippen LogP) is 4.50. The van der Waals surface area contributed by atoms with E-state index in [-0.39, 0.29) is 12.0 Å². The Morgan fingerprint density at radius 1 is 1.31 bits per heavy atom.